The normalized spacial score (nSPS) is 19.3. The molecule has 0 aliphatic carbocycles. The van der Waals surface area contributed by atoms with Crippen LogP contribution >= 0.6 is 11.3 Å². The molecule has 2 heterocycles. The molecular formula is C9H6N2O4S. The van der Waals surface area contributed by atoms with Crippen molar-refractivity contribution in [1.29, 1.82) is 5.26 Å². The maximum absolute atomic E-state index is 11.0. The number of rotatable bonds is 1. The van der Waals surface area contributed by atoms with E-state index in [4.69, 9.17) is 10.4 Å². The van der Waals surface area contributed by atoms with E-state index in [1.165, 1.54) is 0 Å². The Bertz CT molecular complexity index is 490. The minimum Gasteiger partial charge on any atom is -0.463 e. The highest BCUT2D eigenvalue weighted by molar-refractivity contribution is 7.12. The van der Waals surface area contributed by atoms with Crippen LogP contribution in [0, 0.1) is 11.3 Å². The maximum Gasteiger partial charge on any atom is 0.441 e. The predicted octanol–water partition coefficient (Wildman–Crippen LogP) is 1.50. The fourth-order valence-corrected chi connectivity index (χ4v) is 2.32. The summed E-state index contributed by atoms with van der Waals surface area (Å²) in [5.41, 5.74) is 0. The van der Waals surface area contributed by atoms with Gasteiger partial charge >= 0.3 is 12.1 Å². The summed E-state index contributed by atoms with van der Waals surface area (Å²) in [5, 5.41) is 18.1. The lowest BCUT2D eigenvalue weighted by Gasteiger charge is -2.15. The minimum absolute atomic E-state index is 0.0162. The van der Waals surface area contributed by atoms with Crippen LogP contribution in [0.4, 0.5) is 4.79 Å². The number of carboxylic acid groups (broad SMARTS) is 1. The molecule has 0 spiro atoms. The molecule has 0 saturated carbocycles. The molecule has 1 fully saturated rings. The van der Waals surface area contributed by atoms with Gasteiger partial charge in [0.1, 0.15) is 17.0 Å². The Morgan fingerprint density at radius 3 is 3.00 bits per heavy atom. The zero-order valence-electron chi connectivity index (χ0n) is 7.91. The van der Waals surface area contributed by atoms with Gasteiger partial charge in [0, 0.05) is 4.88 Å². The molecule has 1 aliphatic rings. The number of nitriles is 1. The van der Waals surface area contributed by atoms with E-state index in [-0.39, 0.29) is 6.42 Å². The van der Waals surface area contributed by atoms with Crippen molar-refractivity contribution < 1.29 is 19.5 Å². The molecule has 1 N–H and O–H groups in total. The summed E-state index contributed by atoms with van der Waals surface area (Å²) < 4.78 is 0. The molecule has 1 atom stereocenters. The number of carbonyl (C=O) groups is 2. The van der Waals surface area contributed by atoms with Crippen LogP contribution in [0.3, 0.4) is 0 Å². The van der Waals surface area contributed by atoms with E-state index in [0.717, 1.165) is 11.3 Å². The van der Waals surface area contributed by atoms with Crippen molar-refractivity contribution in [3.63, 3.8) is 0 Å². The van der Waals surface area contributed by atoms with E-state index in [1.54, 1.807) is 12.1 Å². The van der Waals surface area contributed by atoms with Crippen molar-refractivity contribution in [3.05, 3.63) is 21.9 Å². The van der Waals surface area contributed by atoms with Crippen LogP contribution in [0.2, 0.25) is 0 Å². The number of hydrogen-bond donors (Lipinski definition) is 1. The van der Waals surface area contributed by atoms with E-state index in [0.29, 0.717) is 14.8 Å². The van der Waals surface area contributed by atoms with Crippen LogP contribution in [0.1, 0.15) is 22.2 Å². The third-order valence-electron chi connectivity index (χ3n) is 2.10. The fraction of sp³-hybridized carbons (Fsp3) is 0.222. The number of hydroxylamine groups is 2. The Hall–Kier alpha value is -2.07. The van der Waals surface area contributed by atoms with Gasteiger partial charge in [0.15, 0.2) is 0 Å². The number of hydrogen-bond acceptors (Lipinski definition) is 5. The molecule has 7 heteroatoms. The smallest absolute Gasteiger partial charge is 0.441 e. The van der Waals surface area contributed by atoms with Crippen molar-refractivity contribution in [2.45, 2.75) is 12.5 Å². The van der Waals surface area contributed by atoms with Crippen molar-refractivity contribution in [2.24, 2.45) is 0 Å². The highest BCUT2D eigenvalue weighted by Crippen LogP contribution is 2.34. The Labute approximate surface area is 94.2 Å². The van der Waals surface area contributed by atoms with Crippen molar-refractivity contribution in [1.82, 2.24) is 5.06 Å². The van der Waals surface area contributed by atoms with Gasteiger partial charge in [0.05, 0.1) is 6.42 Å². The van der Waals surface area contributed by atoms with Gasteiger partial charge in [0.25, 0.3) is 0 Å². The summed E-state index contributed by atoms with van der Waals surface area (Å²) in [7, 11) is 0. The van der Waals surface area contributed by atoms with Crippen molar-refractivity contribution in [2.75, 3.05) is 0 Å². The summed E-state index contributed by atoms with van der Waals surface area (Å²) in [6.07, 6.45) is -1.33. The maximum atomic E-state index is 11.0. The molecule has 0 aromatic carbocycles. The molecule has 1 amide bonds. The van der Waals surface area contributed by atoms with Gasteiger partial charge in [-0.2, -0.15) is 5.26 Å². The molecule has 82 valence electrons. The Kier molecular flexibility index (Phi) is 2.50. The SMILES string of the molecule is N#Cc1ccc(C2CC(=O)ON2C(=O)O)s1. The van der Waals surface area contributed by atoms with Gasteiger partial charge < -0.3 is 9.94 Å². The van der Waals surface area contributed by atoms with Gasteiger partial charge in [0.2, 0.25) is 0 Å². The monoisotopic (exact) mass is 238 g/mol. The molecule has 1 saturated heterocycles. The molecule has 0 radical (unpaired) electrons. The first-order valence-corrected chi connectivity index (χ1v) is 5.16. The van der Waals surface area contributed by atoms with Crippen LogP contribution in [0.15, 0.2) is 12.1 Å². The van der Waals surface area contributed by atoms with Gasteiger partial charge in [-0.1, -0.05) is 0 Å². The lowest BCUT2D eigenvalue weighted by molar-refractivity contribution is -0.166. The van der Waals surface area contributed by atoms with E-state index >= 15 is 0 Å². The minimum atomic E-state index is -1.32. The summed E-state index contributed by atoms with van der Waals surface area (Å²) in [6, 6.07) is 4.53. The first kappa shape index (κ1) is 10.4. The third kappa shape index (κ3) is 1.70. The van der Waals surface area contributed by atoms with Crippen LogP contribution in [0.5, 0.6) is 0 Å². The lowest BCUT2D eigenvalue weighted by atomic mass is 10.2. The largest absolute Gasteiger partial charge is 0.463 e. The number of amides is 1. The lowest BCUT2D eigenvalue weighted by Crippen LogP contribution is -2.27. The summed E-state index contributed by atoms with van der Waals surface area (Å²) in [6.45, 7) is 0. The van der Waals surface area contributed by atoms with Gasteiger partial charge in [-0.05, 0) is 12.1 Å². The Morgan fingerprint density at radius 2 is 2.44 bits per heavy atom. The number of carbonyl (C=O) groups excluding carboxylic acids is 1. The van der Waals surface area contributed by atoms with E-state index in [2.05, 4.69) is 4.84 Å². The topological polar surface area (TPSA) is 90.6 Å². The first-order chi connectivity index (χ1) is 7.61. The third-order valence-corrected chi connectivity index (χ3v) is 3.19. The molecule has 1 unspecified atom stereocenters. The van der Waals surface area contributed by atoms with Crippen LogP contribution in [0.25, 0.3) is 0 Å². The van der Waals surface area contributed by atoms with Crippen molar-refractivity contribution >= 4 is 23.4 Å². The highest BCUT2D eigenvalue weighted by atomic mass is 32.1. The summed E-state index contributed by atoms with van der Waals surface area (Å²) in [4.78, 5) is 27.5. The number of nitrogens with zero attached hydrogens (tertiary/aromatic N) is 2. The Morgan fingerprint density at radius 1 is 1.69 bits per heavy atom. The first-order valence-electron chi connectivity index (χ1n) is 4.34. The zero-order valence-corrected chi connectivity index (χ0v) is 8.73. The molecule has 6 nitrogen and oxygen atoms in total. The average molecular weight is 238 g/mol. The predicted molar refractivity (Wildman–Crippen MR) is 52.3 cm³/mol. The quantitative estimate of drug-likeness (QED) is 0.800. The molecule has 0 bridgehead atoms. The van der Waals surface area contributed by atoms with Gasteiger partial charge in [-0.25, -0.2) is 9.59 Å². The molecule has 16 heavy (non-hydrogen) atoms. The van der Waals surface area contributed by atoms with E-state index in [1.807, 2.05) is 6.07 Å². The van der Waals surface area contributed by atoms with E-state index < -0.39 is 18.1 Å². The second kappa shape index (κ2) is 3.83. The van der Waals surface area contributed by atoms with Crippen LogP contribution < -0.4 is 0 Å². The fourth-order valence-electron chi connectivity index (χ4n) is 1.43. The zero-order chi connectivity index (χ0) is 11.7. The summed E-state index contributed by atoms with van der Waals surface area (Å²) in [5.74, 6) is -0.584. The van der Waals surface area contributed by atoms with E-state index in [9.17, 15) is 9.59 Å². The second-order valence-electron chi connectivity index (χ2n) is 3.11. The van der Waals surface area contributed by atoms with Crippen LogP contribution in [-0.2, 0) is 9.63 Å². The molecular weight excluding hydrogens is 232 g/mol. The second-order valence-corrected chi connectivity index (χ2v) is 4.22. The Balaban J connectivity index is 2.29. The molecule has 1 aromatic rings. The van der Waals surface area contributed by atoms with Gasteiger partial charge in [-0.3, -0.25) is 0 Å². The molecule has 1 aromatic heterocycles. The van der Waals surface area contributed by atoms with Crippen molar-refractivity contribution in [3.8, 4) is 6.07 Å². The molecule has 2 rings (SSSR count). The highest BCUT2D eigenvalue weighted by Gasteiger charge is 2.38. The van der Waals surface area contributed by atoms with Gasteiger partial charge in [-0.15, -0.1) is 16.4 Å². The average Bonchev–Trinajstić information content (AvgIpc) is 2.82. The number of thiophene rings is 1. The molecule has 1 aliphatic heterocycles. The standard InChI is InChI=1S/C9H6N2O4S/c10-4-5-1-2-7(16-5)6-3-8(12)15-11(6)9(13)14/h1-2,6H,3H2,(H,13,14). The summed E-state index contributed by atoms with van der Waals surface area (Å²) >= 11 is 1.15. The van der Waals surface area contributed by atoms with Crippen LogP contribution in [-0.4, -0.2) is 22.2 Å².